The van der Waals surface area contributed by atoms with Crippen LogP contribution in [0.1, 0.15) is 24.2 Å². The highest BCUT2D eigenvalue weighted by atomic mass is 35.5. The van der Waals surface area contributed by atoms with E-state index in [1.54, 1.807) is 13.8 Å². The highest BCUT2D eigenvalue weighted by Gasteiger charge is 2.19. The molecule has 1 aromatic rings. The van der Waals surface area contributed by atoms with E-state index in [0.29, 0.717) is 0 Å². The van der Waals surface area contributed by atoms with Crippen molar-refractivity contribution in [2.75, 3.05) is 13.2 Å². The van der Waals surface area contributed by atoms with E-state index < -0.39 is 11.5 Å². The summed E-state index contributed by atoms with van der Waals surface area (Å²) >= 11 is 28.0. The number of carboxylic acids is 1. The van der Waals surface area contributed by atoms with Crippen LogP contribution in [-0.4, -0.2) is 19.2 Å². The predicted octanol–water partition coefficient (Wildman–Crippen LogP) is 3.18. The van der Waals surface area contributed by atoms with Gasteiger partial charge in [0.15, 0.2) is 0 Å². The maximum absolute atomic E-state index is 10.6. The van der Waals surface area contributed by atoms with Gasteiger partial charge in [-0.05, 0) is 0 Å². The first-order chi connectivity index (χ1) is 9.20. The van der Waals surface area contributed by atoms with Crippen molar-refractivity contribution in [3.05, 3.63) is 30.7 Å². The van der Waals surface area contributed by atoms with Gasteiger partial charge in [-0.25, -0.2) is 0 Å². The molecule has 0 saturated heterocycles. The van der Waals surface area contributed by atoms with Crippen molar-refractivity contribution >= 4 is 64.0 Å². The van der Waals surface area contributed by atoms with Crippen molar-refractivity contribution in [2.45, 2.75) is 13.8 Å². The molecule has 1 aromatic carbocycles. The number of carbonyl (C=O) groups excluding carboxylic acids is 1. The number of benzene rings is 1. The summed E-state index contributed by atoms with van der Waals surface area (Å²) < 4.78 is 0. The Balaban J connectivity index is -0.000000105. The number of carboxylic acid groups (broad SMARTS) is 1. The van der Waals surface area contributed by atoms with Crippen molar-refractivity contribution in [3.63, 3.8) is 0 Å². The third kappa shape index (κ3) is 11.2. The number of carbonyl (C=O) groups is 1. The SMILES string of the molecule is CC[O-].CC[O-].O=C([O-])c1c(Cl)c(Cl)c(Cl)c(Cl)c1Cl.[NH4+].[NH4+].[NH4+]. The second kappa shape index (κ2) is 18.3. The average Bonchev–Trinajstić information content (AvgIpc) is 2.36. The first-order valence-electron chi connectivity index (χ1n) is 5.09. The summed E-state index contributed by atoms with van der Waals surface area (Å²) in [6, 6.07) is 0. The maximum Gasteiger partial charge on any atom is 0.0809 e. The lowest BCUT2D eigenvalue weighted by atomic mass is 10.2. The Morgan fingerprint density at radius 2 is 0.913 bits per heavy atom. The van der Waals surface area contributed by atoms with Gasteiger partial charge in [0, 0.05) is 5.56 Å². The molecule has 0 aliphatic heterocycles. The molecule has 12 N–H and O–H groups in total. The van der Waals surface area contributed by atoms with Crippen LogP contribution in [0.25, 0.3) is 0 Å². The maximum atomic E-state index is 10.6. The Bertz CT molecular complexity index is 433. The molecule has 0 aliphatic carbocycles. The van der Waals surface area contributed by atoms with E-state index in [2.05, 4.69) is 0 Å². The Morgan fingerprint density at radius 1 is 0.739 bits per heavy atom. The summed E-state index contributed by atoms with van der Waals surface area (Å²) in [6.45, 7) is 3.14. The molecule has 0 bridgehead atoms. The molecule has 0 radical (unpaired) electrons. The average molecular weight is 438 g/mol. The van der Waals surface area contributed by atoms with E-state index in [0.717, 1.165) is 0 Å². The summed E-state index contributed by atoms with van der Waals surface area (Å²) in [4.78, 5) is 10.6. The number of aromatic carboxylic acids is 1. The van der Waals surface area contributed by atoms with E-state index in [-0.39, 0.29) is 56.8 Å². The van der Waals surface area contributed by atoms with Crippen molar-refractivity contribution in [1.29, 1.82) is 0 Å². The van der Waals surface area contributed by atoms with Gasteiger partial charge in [0.2, 0.25) is 0 Å². The number of halogens is 5. The fourth-order valence-electron chi connectivity index (χ4n) is 0.784. The van der Waals surface area contributed by atoms with Crippen LogP contribution in [0.3, 0.4) is 0 Å². The van der Waals surface area contributed by atoms with Gasteiger partial charge in [-0.1, -0.05) is 71.9 Å². The minimum atomic E-state index is -1.57. The number of rotatable bonds is 1. The lowest BCUT2D eigenvalue weighted by molar-refractivity contribution is -0.362. The quantitative estimate of drug-likeness (QED) is 0.448. The number of hydrogen-bond donors (Lipinski definition) is 3. The molecule has 0 fully saturated rings. The normalized spacial score (nSPS) is 7.87. The molecule has 140 valence electrons. The molecule has 0 heterocycles. The second-order valence-electron chi connectivity index (χ2n) is 2.81. The van der Waals surface area contributed by atoms with Gasteiger partial charge in [0.25, 0.3) is 0 Å². The van der Waals surface area contributed by atoms with Crippen LogP contribution in [0.2, 0.25) is 25.1 Å². The van der Waals surface area contributed by atoms with Gasteiger partial charge in [-0.15, -0.1) is 13.2 Å². The van der Waals surface area contributed by atoms with Gasteiger partial charge in [-0.3, -0.25) is 0 Å². The van der Waals surface area contributed by atoms with Gasteiger partial charge >= 0.3 is 0 Å². The molecule has 0 aromatic heterocycles. The first kappa shape index (κ1) is 34.3. The van der Waals surface area contributed by atoms with Gasteiger partial charge in [0.05, 0.1) is 31.1 Å². The van der Waals surface area contributed by atoms with Crippen LogP contribution in [0.4, 0.5) is 0 Å². The third-order valence-electron chi connectivity index (χ3n) is 1.41. The molecule has 0 atom stereocenters. The zero-order chi connectivity index (χ0) is 16.5. The molecule has 0 amide bonds. The Kier molecular flexibility index (Phi) is 27.3. The second-order valence-corrected chi connectivity index (χ2v) is 4.70. The Hall–Kier alpha value is -0.0600. The van der Waals surface area contributed by atoms with Crippen LogP contribution in [0.5, 0.6) is 0 Å². The van der Waals surface area contributed by atoms with E-state index in [9.17, 15) is 9.90 Å². The highest BCUT2D eigenvalue weighted by Crippen LogP contribution is 2.43. The van der Waals surface area contributed by atoms with E-state index >= 15 is 0 Å². The zero-order valence-corrected chi connectivity index (χ0v) is 17.2. The monoisotopic (exact) mass is 435 g/mol. The Morgan fingerprint density at radius 3 is 1.09 bits per heavy atom. The summed E-state index contributed by atoms with van der Waals surface area (Å²) in [7, 11) is 0. The van der Waals surface area contributed by atoms with Crippen molar-refractivity contribution in [1.82, 2.24) is 18.5 Å². The van der Waals surface area contributed by atoms with Crippen molar-refractivity contribution in [2.24, 2.45) is 0 Å². The summed E-state index contributed by atoms with van der Waals surface area (Å²) in [5.74, 6) is -1.57. The van der Waals surface area contributed by atoms with Gasteiger partial charge in [0.1, 0.15) is 0 Å². The highest BCUT2D eigenvalue weighted by molar-refractivity contribution is 6.56. The molecule has 0 aliphatic rings. The molecule has 1 rings (SSSR count). The molecule has 12 heteroatoms. The lowest BCUT2D eigenvalue weighted by Crippen LogP contribution is -2.23. The van der Waals surface area contributed by atoms with E-state index in [4.69, 9.17) is 68.2 Å². The zero-order valence-electron chi connectivity index (χ0n) is 13.4. The fraction of sp³-hybridized carbons (Fsp3) is 0.364. The standard InChI is InChI=1S/C7HCl5O2.2C2H5O.3H3N/c8-2-1(7(13)14)3(9)5(11)6(12)4(2)10;2*1-2-3;;;/h(H,13,14);2*2H2,1H3;3*1H3/q;2*-1;;;/p+2. The molecule has 0 spiro atoms. The smallest absolute Gasteiger partial charge is 0.0809 e. The Labute approximate surface area is 160 Å². The van der Waals surface area contributed by atoms with Gasteiger partial charge in [-0.2, -0.15) is 0 Å². The fourth-order valence-corrected chi connectivity index (χ4v) is 2.08. The van der Waals surface area contributed by atoms with Crippen LogP contribution < -0.4 is 33.8 Å². The molecule has 0 unspecified atom stereocenters. The van der Waals surface area contributed by atoms with Crippen LogP contribution in [0, 0.1) is 0 Å². The predicted molar refractivity (Wildman–Crippen MR) is 94.9 cm³/mol. The summed E-state index contributed by atoms with van der Waals surface area (Å²) in [5, 5.41) is 27.5. The number of hydrogen-bond acceptors (Lipinski definition) is 4. The van der Waals surface area contributed by atoms with Gasteiger partial charge < -0.3 is 38.6 Å². The topological polar surface area (TPSA) is 196 Å². The van der Waals surface area contributed by atoms with E-state index in [1.165, 1.54) is 0 Å². The first-order valence-corrected chi connectivity index (χ1v) is 6.98. The van der Waals surface area contributed by atoms with Crippen LogP contribution in [0.15, 0.2) is 0 Å². The number of quaternary nitrogens is 3. The minimum Gasteiger partial charge on any atom is -0.855 e. The molecule has 0 saturated carbocycles. The molecule has 23 heavy (non-hydrogen) atoms. The van der Waals surface area contributed by atoms with Crippen LogP contribution in [-0.2, 0) is 0 Å². The largest absolute Gasteiger partial charge is 0.855 e. The van der Waals surface area contributed by atoms with Crippen molar-refractivity contribution in [3.8, 4) is 0 Å². The lowest BCUT2D eigenvalue weighted by Gasteiger charge is -2.12. The third-order valence-corrected chi connectivity index (χ3v) is 3.69. The summed E-state index contributed by atoms with van der Waals surface area (Å²) in [6.07, 6.45) is 0. The van der Waals surface area contributed by atoms with Crippen LogP contribution >= 0.6 is 58.0 Å². The molecule has 7 nitrogen and oxygen atoms in total. The molecular formula is C11H22Cl5N3O4. The van der Waals surface area contributed by atoms with E-state index in [1.807, 2.05) is 0 Å². The minimum absolute atomic E-state index is 0. The molecular weight excluding hydrogens is 415 g/mol. The summed E-state index contributed by atoms with van der Waals surface area (Å²) in [5.41, 5.74) is -0.465. The van der Waals surface area contributed by atoms with Crippen molar-refractivity contribution < 1.29 is 20.1 Å².